The average Bonchev–Trinajstić information content (AvgIpc) is 3.28. The summed E-state index contributed by atoms with van der Waals surface area (Å²) >= 11 is 0. The fourth-order valence-corrected chi connectivity index (χ4v) is 3.85. The van der Waals surface area contributed by atoms with Crippen molar-refractivity contribution in [3.8, 4) is 11.1 Å². The first-order valence-corrected chi connectivity index (χ1v) is 7.68. The van der Waals surface area contributed by atoms with Crippen LogP contribution in [0.3, 0.4) is 0 Å². The van der Waals surface area contributed by atoms with Crippen LogP contribution in [0.15, 0.2) is 36.4 Å². The molecule has 23 heavy (non-hydrogen) atoms. The molecule has 1 saturated heterocycles. The Hall–Kier alpha value is -2.69. The maximum absolute atomic E-state index is 14.5. The van der Waals surface area contributed by atoms with Crippen molar-refractivity contribution in [2.45, 2.75) is 24.3 Å². The Labute approximate surface area is 131 Å². The van der Waals surface area contributed by atoms with Crippen LogP contribution in [0.2, 0.25) is 0 Å². The minimum atomic E-state index is -1.31. The third-order valence-corrected chi connectivity index (χ3v) is 5.05. The summed E-state index contributed by atoms with van der Waals surface area (Å²) in [6.07, 6.45) is 2.26. The quantitative estimate of drug-likeness (QED) is 0.796. The molecule has 1 saturated carbocycles. The van der Waals surface area contributed by atoms with E-state index >= 15 is 0 Å². The van der Waals surface area contributed by atoms with Crippen molar-refractivity contribution in [2.75, 3.05) is 0 Å². The lowest BCUT2D eigenvalue weighted by Gasteiger charge is -2.23. The van der Waals surface area contributed by atoms with Crippen LogP contribution in [-0.4, -0.2) is 11.9 Å². The number of halogens is 1. The maximum atomic E-state index is 14.5. The molecule has 2 N–H and O–H groups in total. The van der Waals surface area contributed by atoms with Crippen molar-refractivity contribution in [1.82, 2.24) is 10.6 Å². The van der Waals surface area contributed by atoms with Crippen LogP contribution in [0.25, 0.3) is 11.1 Å². The topological polar surface area (TPSA) is 58.2 Å². The monoisotopic (exact) mass is 308 g/mol. The van der Waals surface area contributed by atoms with Crippen LogP contribution in [0, 0.1) is 5.82 Å². The van der Waals surface area contributed by atoms with Crippen LogP contribution in [0.1, 0.15) is 35.4 Å². The van der Waals surface area contributed by atoms with Crippen molar-refractivity contribution in [3.05, 3.63) is 58.9 Å². The Balaban J connectivity index is 1.86. The number of nitrogens with one attached hydrogen (secondary N) is 2. The van der Waals surface area contributed by atoms with Gasteiger partial charge < -0.3 is 5.32 Å². The molecule has 5 heteroatoms. The first-order valence-electron chi connectivity index (χ1n) is 7.68. The number of hydrogen-bond acceptors (Lipinski definition) is 2. The molecule has 2 aromatic carbocycles. The lowest BCUT2D eigenvalue weighted by molar-refractivity contribution is -0.122. The summed E-state index contributed by atoms with van der Waals surface area (Å²) in [5.74, 6) is -0.319. The number of carbonyl (C=O) groups is 2. The molecule has 1 spiro atoms. The van der Waals surface area contributed by atoms with Crippen LogP contribution in [-0.2, 0) is 10.3 Å². The van der Waals surface area contributed by atoms with Crippen LogP contribution in [0.5, 0.6) is 0 Å². The van der Waals surface area contributed by atoms with Gasteiger partial charge in [-0.3, -0.25) is 10.1 Å². The van der Waals surface area contributed by atoms with E-state index in [-0.39, 0.29) is 5.82 Å². The number of carbonyl (C=O) groups excluding carboxylic acids is 2. The van der Waals surface area contributed by atoms with Gasteiger partial charge in [-0.1, -0.05) is 30.3 Å². The summed E-state index contributed by atoms with van der Waals surface area (Å²) in [7, 11) is 0. The summed E-state index contributed by atoms with van der Waals surface area (Å²) in [5.41, 5.74) is 2.09. The Bertz CT molecular complexity index is 904. The number of amides is 3. The summed E-state index contributed by atoms with van der Waals surface area (Å²) < 4.78 is 14.5. The molecule has 3 amide bonds. The molecule has 1 aliphatic heterocycles. The van der Waals surface area contributed by atoms with E-state index < -0.39 is 17.5 Å². The number of hydrogen-bond donors (Lipinski definition) is 2. The van der Waals surface area contributed by atoms with Gasteiger partial charge in [0.25, 0.3) is 5.91 Å². The van der Waals surface area contributed by atoms with E-state index in [9.17, 15) is 14.0 Å². The highest BCUT2D eigenvalue weighted by atomic mass is 19.1. The zero-order chi connectivity index (χ0) is 15.8. The lowest BCUT2D eigenvalue weighted by atomic mass is 9.86. The highest BCUT2D eigenvalue weighted by Gasteiger charge is 2.55. The zero-order valence-electron chi connectivity index (χ0n) is 12.2. The first-order chi connectivity index (χ1) is 11.1. The number of benzene rings is 2. The van der Waals surface area contributed by atoms with Crippen molar-refractivity contribution in [3.63, 3.8) is 0 Å². The third kappa shape index (κ3) is 1.49. The molecule has 114 valence electrons. The molecule has 2 fully saturated rings. The largest absolute Gasteiger partial charge is 0.322 e. The van der Waals surface area contributed by atoms with Crippen LogP contribution < -0.4 is 10.6 Å². The van der Waals surface area contributed by atoms with Crippen molar-refractivity contribution in [1.29, 1.82) is 0 Å². The predicted molar refractivity (Wildman–Crippen MR) is 81.3 cm³/mol. The standard InChI is InChI=1S/C18H13FN2O2/c19-14-3-1-2-12-15(14)11-7-6-10(9-4-5-9)8-13(11)18(12)16(22)20-17(23)21-18/h1-3,6-9H,4-5H2,(H2,20,21,22,23)/t18-/m0/s1. The second-order valence-corrected chi connectivity index (χ2v) is 6.40. The zero-order valence-corrected chi connectivity index (χ0v) is 12.2. The molecule has 2 aliphatic carbocycles. The normalized spacial score (nSPS) is 24.4. The summed E-state index contributed by atoms with van der Waals surface area (Å²) in [6.45, 7) is 0. The van der Waals surface area contributed by atoms with Gasteiger partial charge in [-0.15, -0.1) is 0 Å². The molecule has 0 unspecified atom stereocenters. The van der Waals surface area contributed by atoms with E-state index in [4.69, 9.17) is 0 Å². The summed E-state index contributed by atoms with van der Waals surface area (Å²) in [4.78, 5) is 24.4. The molecule has 1 heterocycles. The second-order valence-electron chi connectivity index (χ2n) is 6.40. The van der Waals surface area contributed by atoms with Gasteiger partial charge in [0.15, 0.2) is 5.54 Å². The van der Waals surface area contributed by atoms with Gasteiger partial charge in [0.1, 0.15) is 5.82 Å². The second kappa shape index (κ2) is 3.98. The maximum Gasteiger partial charge on any atom is 0.322 e. The summed E-state index contributed by atoms with van der Waals surface area (Å²) in [6, 6.07) is 9.94. The number of imide groups is 1. The van der Waals surface area contributed by atoms with Crippen molar-refractivity contribution >= 4 is 11.9 Å². The van der Waals surface area contributed by atoms with Gasteiger partial charge in [0.2, 0.25) is 0 Å². The number of fused-ring (bicyclic) bond motifs is 5. The Morgan fingerprint density at radius 3 is 2.61 bits per heavy atom. The van der Waals surface area contributed by atoms with E-state index in [0.717, 1.165) is 18.4 Å². The minimum Gasteiger partial charge on any atom is -0.316 e. The molecule has 0 radical (unpaired) electrons. The fraction of sp³-hybridized carbons (Fsp3) is 0.222. The van der Waals surface area contributed by atoms with Crippen LogP contribution >= 0.6 is 0 Å². The fourth-order valence-electron chi connectivity index (χ4n) is 3.85. The number of rotatable bonds is 1. The van der Waals surface area contributed by atoms with E-state index in [0.29, 0.717) is 28.2 Å². The van der Waals surface area contributed by atoms with Gasteiger partial charge in [-0.2, -0.15) is 0 Å². The van der Waals surface area contributed by atoms with Gasteiger partial charge in [-0.25, -0.2) is 9.18 Å². The van der Waals surface area contributed by atoms with Gasteiger partial charge >= 0.3 is 6.03 Å². The van der Waals surface area contributed by atoms with E-state index in [1.165, 1.54) is 6.07 Å². The molecule has 4 nitrogen and oxygen atoms in total. The van der Waals surface area contributed by atoms with Crippen molar-refractivity contribution < 1.29 is 14.0 Å². The van der Waals surface area contributed by atoms with E-state index in [2.05, 4.69) is 10.6 Å². The number of urea groups is 1. The average molecular weight is 308 g/mol. The van der Waals surface area contributed by atoms with Gasteiger partial charge in [0, 0.05) is 11.1 Å². The molecule has 0 bridgehead atoms. The Morgan fingerprint density at radius 1 is 1.09 bits per heavy atom. The Kier molecular flexibility index (Phi) is 2.22. The Morgan fingerprint density at radius 2 is 1.91 bits per heavy atom. The third-order valence-electron chi connectivity index (χ3n) is 5.05. The highest BCUT2D eigenvalue weighted by molar-refractivity contribution is 6.13. The SMILES string of the molecule is O=C1NC(=O)[C@@]2(N1)c1cc(C3CC3)ccc1-c1c(F)cccc12. The first kappa shape index (κ1) is 12.8. The molecule has 5 rings (SSSR count). The van der Waals surface area contributed by atoms with E-state index in [1.807, 2.05) is 18.2 Å². The predicted octanol–water partition coefficient (Wildman–Crippen LogP) is 2.77. The van der Waals surface area contributed by atoms with Gasteiger partial charge in [-0.05, 0) is 41.5 Å². The van der Waals surface area contributed by atoms with Crippen LogP contribution in [0.4, 0.5) is 9.18 Å². The molecule has 2 aromatic rings. The molecule has 1 atom stereocenters. The molecule has 0 aromatic heterocycles. The molecular formula is C18H13FN2O2. The lowest BCUT2D eigenvalue weighted by Crippen LogP contribution is -2.43. The highest BCUT2D eigenvalue weighted by Crippen LogP contribution is 2.51. The summed E-state index contributed by atoms with van der Waals surface area (Å²) in [5, 5.41) is 5.04. The van der Waals surface area contributed by atoms with Gasteiger partial charge in [0.05, 0.1) is 0 Å². The molecular weight excluding hydrogens is 295 g/mol. The van der Waals surface area contributed by atoms with E-state index in [1.54, 1.807) is 12.1 Å². The minimum absolute atomic E-state index is 0.381. The van der Waals surface area contributed by atoms with Crippen molar-refractivity contribution in [2.24, 2.45) is 0 Å². The smallest absolute Gasteiger partial charge is 0.316 e. The molecule has 3 aliphatic rings.